The van der Waals surface area contributed by atoms with Gasteiger partial charge in [-0.2, -0.15) is 0 Å². The lowest BCUT2D eigenvalue weighted by Crippen LogP contribution is -2.67. The van der Waals surface area contributed by atoms with E-state index in [0.29, 0.717) is 45.1 Å². The van der Waals surface area contributed by atoms with Crippen molar-refractivity contribution in [3.8, 4) is 17.2 Å². The SMILES string of the molecule is [B]C([B])([B])N(C(=O)CN1C(=O)c2oc3cc(-c4ncco4)ccc3c2OCC1Nc1cccnc1CNC=O)C([B])([B])[B]. The normalized spacial score (nSPS) is 15.3. The number of hydrogen-bond donors (Lipinski definition) is 2. The fourth-order valence-electron chi connectivity index (χ4n) is 4.69. The van der Waals surface area contributed by atoms with Crippen LogP contribution in [0.5, 0.6) is 5.75 Å². The first-order chi connectivity index (χ1) is 20.4. The Morgan fingerprint density at radius 1 is 1.12 bits per heavy atom. The number of ether oxygens (including phenoxy) is 1. The van der Waals surface area contributed by atoms with Gasteiger partial charge in [-0.15, -0.1) is 0 Å². The van der Waals surface area contributed by atoms with Gasteiger partial charge in [-0.1, -0.05) is 10.5 Å². The predicted molar refractivity (Wildman–Crippen MR) is 160 cm³/mol. The summed E-state index contributed by atoms with van der Waals surface area (Å²) < 4.78 is 17.4. The van der Waals surface area contributed by atoms with Crippen LogP contribution < -0.4 is 15.4 Å². The van der Waals surface area contributed by atoms with E-state index in [9.17, 15) is 14.4 Å². The maximum atomic E-state index is 14.1. The molecule has 4 aromatic rings. The highest BCUT2D eigenvalue weighted by atomic mass is 16.5. The van der Waals surface area contributed by atoms with Crippen molar-refractivity contribution in [1.29, 1.82) is 0 Å². The Balaban J connectivity index is 1.55. The van der Waals surface area contributed by atoms with E-state index in [4.69, 9.17) is 60.6 Å². The van der Waals surface area contributed by atoms with Gasteiger partial charge in [-0.3, -0.25) is 19.4 Å². The van der Waals surface area contributed by atoms with Gasteiger partial charge in [0.15, 0.2) is 5.75 Å². The molecular weight excluding hydrogens is 545 g/mol. The van der Waals surface area contributed by atoms with Gasteiger partial charge in [0.2, 0.25) is 24.0 Å². The molecule has 1 aliphatic rings. The number of amides is 3. The molecule has 1 aliphatic heterocycles. The Morgan fingerprint density at radius 3 is 2.56 bits per heavy atom. The molecule has 0 fully saturated rings. The molecule has 3 amide bonds. The molecule has 5 rings (SSSR count). The second-order valence-corrected chi connectivity index (χ2v) is 9.71. The number of furan rings is 1. The molecule has 0 saturated heterocycles. The van der Waals surface area contributed by atoms with E-state index in [2.05, 4.69) is 20.6 Å². The van der Waals surface area contributed by atoms with Crippen LogP contribution in [0, 0.1) is 0 Å². The molecule has 12 radical (unpaired) electrons. The molecule has 0 aliphatic carbocycles. The summed E-state index contributed by atoms with van der Waals surface area (Å²) >= 11 is 0. The number of rotatable bonds is 10. The summed E-state index contributed by atoms with van der Waals surface area (Å²) in [5.41, 5.74) is 1.77. The number of pyridine rings is 1. The van der Waals surface area contributed by atoms with Crippen LogP contribution in [-0.4, -0.2) is 115 Å². The van der Waals surface area contributed by atoms with Crippen molar-refractivity contribution in [1.82, 2.24) is 25.1 Å². The molecule has 1 unspecified atom stereocenters. The molecule has 0 saturated carbocycles. The van der Waals surface area contributed by atoms with Gasteiger partial charge in [0.1, 0.15) is 31.2 Å². The summed E-state index contributed by atoms with van der Waals surface area (Å²) in [6.45, 7) is -0.832. The zero-order chi connectivity index (χ0) is 30.9. The number of carbonyl (C=O) groups excluding carboxylic acids is 3. The van der Waals surface area contributed by atoms with Crippen LogP contribution in [0.1, 0.15) is 16.2 Å². The summed E-state index contributed by atoms with van der Waals surface area (Å²) in [6.07, 6.45) is 3.95. The molecule has 202 valence electrons. The highest BCUT2D eigenvalue weighted by Gasteiger charge is 2.40. The Kier molecular flexibility index (Phi) is 8.13. The molecule has 18 heteroatoms. The van der Waals surface area contributed by atoms with Gasteiger partial charge >= 0.3 is 0 Å². The minimum Gasteiger partial charge on any atom is -0.485 e. The van der Waals surface area contributed by atoms with Crippen LogP contribution in [0.25, 0.3) is 22.4 Å². The first-order valence-electron chi connectivity index (χ1n) is 12.7. The summed E-state index contributed by atoms with van der Waals surface area (Å²) in [5, 5.41) is 1.39. The van der Waals surface area contributed by atoms with Gasteiger partial charge in [0, 0.05) is 11.8 Å². The zero-order valence-corrected chi connectivity index (χ0v) is 22.6. The molecule has 0 bridgehead atoms. The minimum absolute atomic E-state index is 0.0745. The van der Waals surface area contributed by atoms with Crippen LogP contribution in [-0.2, 0) is 16.1 Å². The van der Waals surface area contributed by atoms with Gasteiger partial charge < -0.3 is 34.0 Å². The third-order valence-electron chi connectivity index (χ3n) is 6.44. The van der Waals surface area contributed by atoms with E-state index in [1.165, 1.54) is 18.7 Å². The zero-order valence-electron chi connectivity index (χ0n) is 22.6. The molecule has 2 N–H and O–H groups in total. The number of nitrogens with zero attached hydrogens (tertiary/aromatic N) is 4. The fraction of sp³-hybridized carbons (Fsp3) is 0.240. The number of benzene rings is 1. The molecule has 1 atom stereocenters. The number of oxazole rings is 1. The number of carbonyl (C=O) groups is 3. The molecule has 12 nitrogen and oxygen atoms in total. The maximum absolute atomic E-state index is 14.1. The van der Waals surface area contributed by atoms with Crippen molar-refractivity contribution in [2.24, 2.45) is 0 Å². The van der Waals surface area contributed by atoms with Crippen molar-refractivity contribution in [3.05, 3.63) is 60.4 Å². The molecule has 4 heterocycles. The Morgan fingerprint density at radius 2 is 1.88 bits per heavy atom. The van der Waals surface area contributed by atoms with E-state index >= 15 is 0 Å². The standard InChI is InChI=1S/C25H18B6N6O6/c26-24(27,28)37(25(29,30)31)19(39)10-36-18(35-15-2-1-5-33-16(15)9-32-12-38)11-42-20-14-4-3-13(22-34-6-7-41-22)8-17(14)43-21(20)23(36)40/h1-8,12,18,35H,9-11H2,(H,32,38). The van der Waals surface area contributed by atoms with Gasteiger partial charge in [-0.25, -0.2) is 4.98 Å². The van der Waals surface area contributed by atoms with E-state index < -0.39 is 35.0 Å². The largest absolute Gasteiger partial charge is 0.485 e. The second kappa shape index (κ2) is 11.7. The minimum atomic E-state index is -2.39. The average molecular weight is 563 g/mol. The average Bonchev–Trinajstić information content (AvgIpc) is 3.57. The van der Waals surface area contributed by atoms with Crippen LogP contribution >= 0.6 is 0 Å². The molecule has 43 heavy (non-hydrogen) atoms. The van der Waals surface area contributed by atoms with Crippen LogP contribution in [0.15, 0.2) is 57.8 Å². The topological polar surface area (TPSA) is 143 Å². The van der Waals surface area contributed by atoms with Gasteiger partial charge in [-0.05, 0) is 30.3 Å². The second-order valence-electron chi connectivity index (χ2n) is 9.71. The van der Waals surface area contributed by atoms with Crippen molar-refractivity contribution in [2.75, 3.05) is 18.5 Å². The summed E-state index contributed by atoms with van der Waals surface area (Å²) in [4.78, 5) is 48.4. The monoisotopic (exact) mass is 564 g/mol. The predicted octanol–water partition coefficient (Wildman–Crippen LogP) is -0.936. The van der Waals surface area contributed by atoms with Crippen molar-refractivity contribution >= 4 is 82.0 Å². The van der Waals surface area contributed by atoms with E-state index in [-0.39, 0.29) is 24.7 Å². The third kappa shape index (κ3) is 6.18. The lowest BCUT2D eigenvalue weighted by molar-refractivity contribution is -0.133. The summed E-state index contributed by atoms with van der Waals surface area (Å²) in [7, 11) is 34.5. The first kappa shape index (κ1) is 30.0. The van der Waals surface area contributed by atoms with Crippen LogP contribution in [0.3, 0.4) is 0 Å². The van der Waals surface area contributed by atoms with E-state index in [0.717, 1.165) is 4.90 Å². The van der Waals surface area contributed by atoms with Crippen molar-refractivity contribution in [3.63, 3.8) is 0 Å². The Hall–Kier alpha value is -4.48. The van der Waals surface area contributed by atoms with Gasteiger partial charge in [0.05, 0.1) is 76.6 Å². The quantitative estimate of drug-likeness (QED) is 0.185. The number of hydrogen-bond acceptors (Lipinski definition) is 9. The molecular formula is C25H18B6N6O6. The maximum Gasteiger partial charge on any atom is 0.295 e. The molecule has 0 spiro atoms. The summed E-state index contributed by atoms with van der Waals surface area (Å²) in [5.74, 6) is -1.45. The van der Waals surface area contributed by atoms with Crippen molar-refractivity contribution < 1.29 is 28.0 Å². The summed E-state index contributed by atoms with van der Waals surface area (Å²) in [6, 6.07) is 8.37. The third-order valence-corrected chi connectivity index (χ3v) is 6.44. The Labute approximate surface area is 254 Å². The lowest BCUT2D eigenvalue weighted by Gasteiger charge is -2.49. The lowest BCUT2D eigenvalue weighted by atomic mass is 9.40. The van der Waals surface area contributed by atoms with E-state index in [1.54, 1.807) is 30.3 Å². The first-order valence-corrected chi connectivity index (χ1v) is 12.7. The number of aromatic nitrogens is 2. The highest BCUT2D eigenvalue weighted by molar-refractivity contribution is 6.64. The van der Waals surface area contributed by atoms with Gasteiger partial charge in [0.25, 0.3) is 5.91 Å². The number of nitrogens with one attached hydrogen (secondary N) is 2. The fourth-order valence-corrected chi connectivity index (χ4v) is 4.69. The smallest absolute Gasteiger partial charge is 0.295 e. The molecule has 3 aromatic heterocycles. The van der Waals surface area contributed by atoms with Crippen LogP contribution in [0.4, 0.5) is 5.69 Å². The number of anilines is 1. The highest BCUT2D eigenvalue weighted by Crippen LogP contribution is 2.38. The number of fused-ring (bicyclic) bond motifs is 3. The van der Waals surface area contributed by atoms with E-state index in [1.807, 2.05) is 0 Å². The van der Waals surface area contributed by atoms with Crippen molar-refractivity contribution in [2.45, 2.75) is 23.2 Å². The molecule has 1 aromatic carbocycles. The van der Waals surface area contributed by atoms with Crippen LogP contribution in [0.2, 0.25) is 0 Å². The Bertz CT molecular complexity index is 1640.